The quantitative estimate of drug-likeness (QED) is 0.473. The first-order valence-electron chi connectivity index (χ1n) is 9.38. The van der Waals surface area contributed by atoms with Gasteiger partial charge < -0.3 is 16.4 Å². The van der Waals surface area contributed by atoms with E-state index in [4.69, 9.17) is 17.3 Å². The molecule has 0 fully saturated rings. The third kappa shape index (κ3) is 5.61. The Kier molecular flexibility index (Phi) is 7.12. The fraction of sp³-hybridized carbons (Fsp3) is 0.238. The molecule has 7 nitrogen and oxygen atoms in total. The lowest BCUT2D eigenvalue weighted by atomic mass is 10.2. The Hall–Kier alpha value is -2.84. The van der Waals surface area contributed by atoms with Crippen LogP contribution in [0.4, 0.5) is 23.3 Å². The van der Waals surface area contributed by atoms with Crippen LogP contribution < -0.4 is 16.4 Å². The number of nitrogens with zero attached hydrogens (tertiary/aromatic N) is 3. The van der Waals surface area contributed by atoms with Crippen LogP contribution in [0.25, 0.3) is 0 Å². The molecule has 1 heterocycles. The van der Waals surface area contributed by atoms with Gasteiger partial charge in [-0.3, -0.25) is 4.79 Å². The zero-order chi connectivity index (χ0) is 21.7. The first-order chi connectivity index (χ1) is 14.3. The van der Waals surface area contributed by atoms with Crippen LogP contribution in [0.1, 0.15) is 30.5 Å². The third-order valence-electron chi connectivity index (χ3n) is 4.37. The van der Waals surface area contributed by atoms with Crippen LogP contribution in [0.3, 0.4) is 0 Å². The number of hydrogen-bond acceptors (Lipinski definition) is 7. The van der Waals surface area contributed by atoms with Crippen molar-refractivity contribution in [1.29, 1.82) is 0 Å². The molecule has 0 spiro atoms. The molecular formula is C21H23ClN6OS. The van der Waals surface area contributed by atoms with E-state index in [9.17, 15) is 4.79 Å². The van der Waals surface area contributed by atoms with Gasteiger partial charge >= 0.3 is 0 Å². The van der Waals surface area contributed by atoms with Gasteiger partial charge in [0, 0.05) is 16.4 Å². The second-order valence-corrected chi connectivity index (χ2v) is 8.78. The van der Waals surface area contributed by atoms with Gasteiger partial charge in [-0.1, -0.05) is 35.9 Å². The van der Waals surface area contributed by atoms with Crippen molar-refractivity contribution in [1.82, 2.24) is 15.0 Å². The minimum atomic E-state index is -0.345. The largest absolute Gasteiger partial charge is 0.368 e. The molecule has 0 radical (unpaired) electrons. The van der Waals surface area contributed by atoms with Crippen molar-refractivity contribution in [3.63, 3.8) is 0 Å². The average molecular weight is 443 g/mol. The number of halogens is 1. The highest BCUT2D eigenvalue weighted by Gasteiger charge is 2.21. The van der Waals surface area contributed by atoms with Crippen LogP contribution in [0.15, 0.2) is 48.5 Å². The first-order valence-corrected chi connectivity index (χ1v) is 10.7. The van der Waals surface area contributed by atoms with Crippen molar-refractivity contribution in [2.45, 2.75) is 31.3 Å². The number of nitrogens with one attached hydrogen (secondary N) is 2. The number of aromatic nitrogens is 3. The molecule has 0 unspecified atom stereocenters. The zero-order valence-corrected chi connectivity index (χ0v) is 18.5. The summed E-state index contributed by atoms with van der Waals surface area (Å²) in [5.41, 5.74) is 8.25. The Labute approximate surface area is 184 Å². The van der Waals surface area contributed by atoms with E-state index in [2.05, 4.69) is 25.6 Å². The molecule has 0 aliphatic heterocycles. The van der Waals surface area contributed by atoms with Gasteiger partial charge in [-0.2, -0.15) is 15.0 Å². The molecule has 1 aromatic heterocycles. The van der Waals surface area contributed by atoms with Gasteiger partial charge in [0.25, 0.3) is 0 Å². The summed E-state index contributed by atoms with van der Waals surface area (Å²) in [7, 11) is 0. The second kappa shape index (κ2) is 9.77. The van der Waals surface area contributed by atoms with E-state index in [1.54, 1.807) is 12.1 Å². The van der Waals surface area contributed by atoms with Crippen LogP contribution in [0.5, 0.6) is 0 Å². The molecule has 0 saturated heterocycles. The topological polar surface area (TPSA) is 106 Å². The van der Waals surface area contributed by atoms with Crippen LogP contribution in [0, 0.1) is 6.92 Å². The van der Waals surface area contributed by atoms with Crippen LogP contribution in [-0.2, 0) is 4.79 Å². The normalized spacial score (nSPS) is 12.8. The minimum Gasteiger partial charge on any atom is -0.368 e. The maximum atomic E-state index is 12.7. The lowest BCUT2D eigenvalue weighted by Gasteiger charge is -2.18. The van der Waals surface area contributed by atoms with Gasteiger partial charge in [-0.05, 0) is 50.6 Å². The highest BCUT2D eigenvalue weighted by atomic mass is 35.5. The average Bonchev–Trinajstić information content (AvgIpc) is 2.71. The Morgan fingerprint density at radius 2 is 1.80 bits per heavy atom. The number of nitrogens with two attached hydrogens (primary N) is 1. The standard InChI is InChI=1S/C21H23ClN6OS/c1-12-16(22)10-7-11-17(12)25-19(29)14(3)30-13(2)18-26-20(23)28-21(27-18)24-15-8-5-4-6-9-15/h4-11,13-14H,1-3H3,(H,25,29)(H3,23,24,26,27,28)/t13-,14-/m0/s1. The number of hydrogen-bond donors (Lipinski definition) is 3. The second-order valence-electron chi connectivity index (χ2n) is 6.69. The first kappa shape index (κ1) is 21.9. The van der Waals surface area contributed by atoms with E-state index < -0.39 is 0 Å². The molecule has 2 atom stereocenters. The molecule has 3 aromatic rings. The number of anilines is 4. The predicted octanol–water partition coefficient (Wildman–Crippen LogP) is 4.98. The summed E-state index contributed by atoms with van der Waals surface area (Å²) in [5.74, 6) is 0.867. The molecule has 30 heavy (non-hydrogen) atoms. The van der Waals surface area contributed by atoms with E-state index in [1.165, 1.54) is 11.8 Å². The van der Waals surface area contributed by atoms with E-state index >= 15 is 0 Å². The smallest absolute Gasteiger partial charge is 0.237 e. The molecule has 0 aliphatic rings. The third-order valence-corrected chi connectivity index (χ3v) is 6.02. The van der Waals surface area contributed by atoms with E-state index in [0.29, 0.717) is 22.5 Å². The van der Waals surface area contributed by atoms with Gasteiger partial charge in [0.2, 0.25) is 17.8 Å². The highest BCUT2D eigenvalue weighted by molar-refractivity contribution is 8.00. The van der Waals surface area contributed by atoms with Crippen molar-refractivity contribution >= 4 is 52.5 Å². The molecule has 156 valence electrons. The predicted molar refractivity (Wildman–Crippen MR) is 124 cm³/mol. The van der Waals surface area contributed by atoms with Crippen LogP contribution in [0.2, 0.25) is 5.02 Å². The summed E-state index contributed by atoms with van der Waals surface area (Å²) in [6, 6.07) is 15.0. The fourth-order valence-electron chi connectivity index (χ4n) is 2.70. The lowest BCUT2D eigenvalue weighted by molar-refractivity contribution is -0.115. The monoisotopic (exact) mass is 442 g/mol. The van der Waals surface area contributed by atoms with E-state index in [1.807, 2.05) is 57.2 Å². The molecule has 0 bridgehead atoms. The van der Waals surface area contributed by atoms with Crippen LogP contribution in [-0.4, -0.2) is 26.1 Å². The number of carbonyl (C=O) groups is 1. The molecule has 0 aliphatic carbocycles. The van der Waals surface area contributed by atoms with Crippen LogP contribution >= 0.6 is 23.4 Å². The van der Waals surface area contributed by atoms with Gasteiger partial charge in [-0.15, -0.1) is 11.8 Å². The molecule has 3 rings (SSSR count). The maximum Gasteiger partial charge on any atom is 0.237 e. The summed E-state index contributed by atoms with van der Waals surface area (Å²) in [4.78, 5) is 25.5. The number of nitrogen functional groups attached to an aromatic ring is 1. The van der Waals surface area contributed by atoms with E-state index in [-0.39, 0.29) is 22.4 Å². The zero-order valence-electron chi connectivity index (χ0n) is 16.9. The molecule has 4 N–H and O–H groups in total. The summed E-state index contributed by atoms with van der Waals surface area (Å²) in [6.45, 7) is 5.64. The summed E-state index contributed by atoms with van der Waals surface area (Å²) in [6.07, 6.45) is 0. The highest BCUT2D eigenvalue weighted by Crippen LogP contribution is 2.32. The number of thioether (sulfide) groups is 1. The number of rotatable bonds is 7. The lowest BCUT2D eigenvalue weighted by Crippen LogP contribution is -2.24. The van der Waals surface area contributed by atoms with Gasteiger partial charge in [-0.25, -0.2) is 0 Å². The SMILES string of the molecule is Cc1c(Cl)cccc1NC(=O)[C@H](C)S[C@@H](C)c1nc(N)nc(Nc2ccccc2)n1. The van der Waals surface area contributed by atoms with Crippen molar-refractivity contribution in [2.75, 3.05) is 16.4 Å². The van der Waals surface area contributed by atoms with Crippen molar-refractivity contribution in [3.8, 4) is 0 Å². The maximum absolute atomic E-state index is 12.7. The summed E-state index contributed by atoms with van der Waals surface area (Å²) < 4.78 is 0. The molecular weight excluding hydrogens is 420 g/mol. The molecule has 2 aromatic carbocycles. The number of amides is 1. The van der Waals surface area contributed by atoms with E-state index in [0.717, 1.165) is 11.3 Å². The van der Waals surface area contributed by atoms with Crippen molar-refractivity contribution < 1.29 is 4.79 Å². The number of carbonyl (C=O) groups excluding carboxylic acids is 1. The van der Waals surface area contributed by atoms with Gasteiger partial charge in [0.05, 0.1) is 10.5 Å². The number of para-hydroxylation sites is 1. The van der Waals surface area contributed by atoms with Gasteiger partial charge in [0.15, 0.2) is 0 Å². The summed E-state index contributed by atoms with van der Waals surface area (Å²) >= 11 is 7.56. The van der Waals surface area contributed by atoms with Gasteiger partial charge in [0.1, 0.15) is 5.82 Å². The Balaban J connectivity index is 1.68. The van der Waals surface area contributed by atoms with Crippen molar-refractivity contribution in [3.05, 3.63) is 64.9 Å². The molecule has 1 amide bonds. The summed E-state index contributed by atoms with van der Waals surface area (Å²) in [5, 5.41) is 6.14. The molecule has 9 heteroatoms. The Bertz CT molecular complexity index is 1030. The van der Waals surface area contributed by atoms with Crippen molar-refractivity contribution in [2.24, 2.45) is 0 Å². The Morgan fingerprint density at radius 3 is 2.53 bits per heavy atom. The minimum absolute atomic E-state index is 0.123. The number of benzene rings is 2. The molecule has 0 saturated carbocycles. The fourth-order valence-corrected chi connectivity index (χ4v) is 3.90. The Morgan fingerprint density at radius 1 is 1.07 bits per heavy atom.